The number of aliphatic hydroxyl groups is 3. The lowest BCUT2D eigenvalue weighted by Crippen LogP contribution is -2.68. The number of nitrogen functional groups attached to an aromatic ring is 1. The van der Waals surface area contributed by atoms with Crippen LogP contribution >= 0.6 is 0 Å². The third kappa shape index (κ3) is 8.77. The van der Waals surface area contributed by atoms with Crippen molar-refractivity contribution in [3.8, 4) is 0 Å². The number of carbonyl (C=O) groups excluding carboxylic acids is 1. The van der Waals surface area contributed by atoms with Crippen LogP contribution in [0.25, 0.3) is 0 Å². The number of anilines is 1. The zero-order valence-corrected chi connectivity index (χ0v) is 22.8. The van der Waals surface area contributed by atoms with Crippen LogP contribution in [0.5, 0.6) is 0 Å². The van der Waals surface area contributed by atoms with Gasteiger partial charge in [0.25, 0.3) is 0 Å². The van der Waals surface area contributed by atoms with Crippen LogP contribution in [0.1, 0.15) is 24.8 Å². The molecule has 0 spiro atoms. The number of nitrogens with two attached hydrogens (primary N) is 5. The maximum Gasteiger partial charge on any atom is 0.224 e. The smallest absolute Gasteiger partial charge is 0.224 e. The Kier molecular flexibility index (Phi) is 12.9. The minimum Gasteiger partial charge on any atom is -0.399 e. The van der Waals surface area contributed by atoms with Gasteiger partial charge in [-0.05, 0) is 50.0 Å². The summed E-state index contributed by atoms with van der Waals surface area (Å²) in [6.07, 6.45) is -5.68. The van der Waals surface area contributed by atoms with Gasteiger partial charge in [0.1, 0.15) is 36.6 Å². The minimum atomic E-state index is -1.35. The van der Waals surface area contributed by atoms with Gasteiger partial charge in [0, 0.05) is 24.8 Å². The predicted molar refractivity (Wildman–Crippen MR) is 149 cm³/mol. The SMILES string of the molecule is NCCCCNCCOC1[C@@H](O)[C@@H](O[C@@H]2OC(CN)[C@H](O)[C@H](O)C2N)C(N)C[C@H]1NC(=O)Cc1cccc(N)c1. The Labute approximate surface area is 234 Å². The summed E-state index contributed by atoms with van der Waals surface area (Å²) in [4.78, 5) is 12.9. The number of benzene rings is 1. The summed E-state index contributed by atoms with van der Waals surface area (Å²) in [6, 6.07) is 4.59. The number of hydrogen-bond acceptors (Lipinski definition) is 13. The van der Waals surface area contributed by atoms with Crippen molar-refractivity contribution in [1.29, 1.82) is 0 Å². The van der Waals surface area contributed by atoms with E-state index in [1.165, 1.54) is 0 Å². The lowest BCUT2D eigenvalue weighted by atomic mass is 9.83. The predicted octanol–water partition coefficient (Wildman–Crippen LogP) is -3.78. The number of aliphatic hydroxyl groups excluding tert-OH is 3. The van der Waals surface area contributed by atoms with Gasteiger partial charge in [0.15, 0.2) is 6.29 Å². The maximum atomic E-state index is 12.9. The molecule has 1 aliphatic heterocycles. The first-order valence-corrected chi connectivity index (χ1v) is 13.9. The summed E-state index contributed by atoms with van der Waals surface area (Å²) in [5.74, 6) is -0.275. The normalized spacial score (nSPS) is 34.5. The number of nitrogens with one attached hydrogen (secondary N) is 2. The zero-order chi connectivity index (χ0) is 29.2. The molecule has 1 saturated heterocycles. The topological polar surface area (TPSA) is 260 Å². The van der Waals surface area contributed by atoms with Gasteiger partial charge in [0.05, 0.1) is 25.1 Å². The molecule has 228 valence electrons. The molecule has 4 unspecified atom stereocenters. The van der Waals surface area contributed by atoms with Gasteiger partial charge < -0.3 is 68.8 Å². The molecule has 3 rings (SSSR count). The van der Waals surface area contributed by atoms with Gasteiger partial charge >= 0.3 is 0 Å². The van der Waals surface area contributed by atoms with Gasteiger partial charge in [-0.1, -0.05) is 12.1 Å². The van der Waals surface area contributed by atoms with Gasteiger partial charge in [-0.2, -0.15) is 0 Å². The Balaban J connectivity index is 1.68. The number of amides is 1. The minimum absolute atomic E-state index is 0.0741. The van der Waals surface area contributed by atoms with Crippen molar-refractivity contribution in [1.82, 2.24) is 10.6 Å². The number of unbranched alkanes of at least 4 members (excludes halogenated alkanes) is 1. The quantitative estimate of drug-likeness (QED) is 0.0763. The maximum absolute atomic E-state index is 12.9. The second-order valence-corrected chi connectivity index (χ2v) is 10.5. The first-order valence-electron chi connectivity index (χ1n) is 13.9. The largest absolute Gasteiger partial charge is 0.399 e. The molecule has 1 saturated carbocycles. The molecule has 1 heterocycles. The fourth-order valence-corrected chi connectivity index (χ4v) is 5.13. The van der Waals surface area contributed by atoms with E-state index < -0.39 is 61.0 Å². The first-order chi connectivity index (χ1) is 19.2. The van der Waals surface area contributed by atoms with E-state index >= 15 is 0 Å². The molecule has 1 amide bonds. The molecule has 2 aliphatic rings. The molecule has 1 aliphatic carbocycles. The number of carbonyl (C=O) groups is 1. The molecule has 2 fully saturated rings. The Hall–Kier alpha value is -1.95. The summed E-state index contributed by atoms with van der Waals surface area (Å²) in [6.45, 7) is 2.11. The van der Waals surface area contributed by atoms with Crippen LogP contribution in [-0.2, 0) is 25.4 Å². The van der Waals surface area contributed by atoms with Crippen LogP contribution in [0, 0.1) is 0 Å². The van der Waals surface area contributed by atoms with Crippen molar-refractivity contribution >= 4 is 11.6 Å². The van der Waals surface area contributed by atoms with Crippen molar-refractivity contribution in [3.05, 3.63) is 29.8 Å². The Morgan fingerprint density at radius 2 is 1.82 bits per heavy atom. The van der Waals surface area contributed by atoms with E-state index in [1.807, 2.05) is 0 Å². The molecule has 1 aromatic rings. The van der Waals surface area contributed by atoms with Gasteiger partial charge in [-0.25, -0.2) is 0 Å². The van der Waals surface area contributed by atoms with E-state index in [0.29, 0.717) is 18.8 Å². The second-order valence-electron chi connectivity index (χ2n) is 10.5. The molecule has 0 bridgehead atoms. The molecule has 40 heavy (non-hydrogen) atoms. The Bertz CT molecular complexity index is 914. The highest BCUT2D eigenvalue weighted by molar-refractivity contribution is 5.79. The standard InChI is InChI=1S/C26H47N7O7/c27-6-1-2-7-32-8-9-38-25-17(33-19(34)11-14-4-3-5-15(29)10-14)12-16(30)24(23(25)37)40-26-20(31)22(36)21(35)18(13-28)39-26/h3-5,10,16-18,20-26,32,35-37H,1-2,6-9,11-13,27-31H2,(H,33,34)/t16?,17-,18?,20?,21+,22-,23+,24+,25?,26+/m1/s1. The summed E-state index contributed by atoms with van der Waals surface area (Å²) in [5, 5.41) is 38.1. The number of rotatable bonds is 14. The lowest BCUT2D eigenvalue weighted by Gasteiger charge is -2.47. The molecule has 10 atom stereocenters. The lowest BCUT2D eigenvalue weighted by molar-refractivity contribution is -0.289. The fraction of sp³-hybridized carbons (Fsp3) is 0.731. The molecule has 0 radical (unpaired) electrons. The highest BCUT2D eigenvalue weighted by Crippen LogP contribution is 2.29. The van der Waals surface area contributed by atoms with Gasteiger partial charge in [-0.3, -0.25) is 4.79 Å². The van der Waals surface area contributed by atoms with Gasteiger partial charge in [0.2, 0.25) is 5.91 Å². The summed E-state index contributed by atoms with van der Waals surface area (Å²) in [7, 11) is 0. The van der Waals surface area contributed by atoms with E-state index in [2.05, 4.69) is 10.6 Å². The van der Waals surface area contributed by atoms with Crippen LogP contribution < -0.4 is 39.3 Å². The van der Waals surface area contributed by atoms with E-state index in [9.17, 15) is 20.1 Å². The molecule has 14 heteroatoms. The molecule has 14 nitrogen and oxygen atoms in total. The molecular weight excluding hydrogens is 522 g/mol. The van der Waals surface area contributed by atoms with Crippen LogP contribution in [0.4, 0.5) is 5.69 Å². The van der Waals surface area contributed by atoms with Crippen LogP contribution in [0.15, 0.2) is 24.3 Å². The highest BCUT2D eigenvalue weighted by Gasteiger charge is 2.49. The molecular formula is C26H47N7O7. The van der Waals surface area contributed by atoms with Crippen molar-refractivity contribution < 1.29 is 34.3 Å². The zero-order valence-electron chi connectivity index (χ0n) is 22.8. The molecule has 15 N–H and O–H groups in total. The van der Waals surface area contributed by atoms with E-state index in [-0.39, 0.29) is 31.9 Å². The van der Waals surface area contributed by atoms with Crippen molar-refractivity contribution in [2.45, 2.75) is 86.7 Å². The van der Waals surface area contributed by atoms with E-state index in [4.69, 9.17) is 42.9 Å². The Morgan fingerprint density at radius 3 is 2.52 bits per heavy atom. The average Bonchev–Trinajstić information content (AvgIpc) is 2.91. The van der Waals surface area contributed by atoms with Crippen LogP contribution in [0.3, 0.4) is 0 Å². The van der Waals surface area contributed by atoms with Crippen molar-refractivity contribution in [2.24, 2.45) is 22.9 Å². The number of ether oxygens (including phenoxy) is 3. The van der Waals surface area contributed by atoms with Crippen molar-refractivity contribution in [2.75, 3.05) is 38.5 Å². The first kappa shape index (κ1) is 32.6. The highest BCUT2D eigenvalue weighted by atomic mass is 16.7. The Morgan fingerprint density at radius 1 is 1.05 bits per heavy atom. The summed E-state index contributed by atoms with van der Waals surface area (Å²) >= 11 is 0. The van der Waals surface area contributed by atoms with Crippen LogP contribution in [0.2, 0.25) is 0 Å². The average molecular weight is 570 g/mol. The van der Waals surface area contributed by atoms with Crippen molar-refractivity contribution in [3.63, 3.8) is 0 Å². The summed E-state index contributed by atoms with van der Waals surface area (Å²) in [5.41, 5.74) is 30.8. The third-order valence-corrected chi connectivity index (χ3v) is 7.35. The van der Waals surface area contributed by atoms with Crippen LogP contribution in [-0.4, -0.2) is 115 Å². The van der Waals surface area contributed by atoms with Gasteiger partial charge in [-0.15, -0.1) is 0 Å². The van der Waals surface area contributed by atoms with E-state index in [0.717, 1.165) is 24.9 Å². The number of hydrogen-bond donors (Lipinski definition) is 10. The fourth-order valence-electron chi connectivity index (χ4n) is 5.13. The summed E-state index contributed by atoms with van der Waals surface area (Å²) < 4.78 is 17.8. The third-order valence-electron chi connectivity index (χ3n) is 7.35. The molecule has 1 aromatic carbocycles. The monoisotopic (exact) mass is 569 g/mol. The second kappa shape index (κ2) is 15.9. The molecule has 0 aromatic heterocycles. The van der Waals surface area contributed by atoms with E-state index in [1.54, 1.807) is 24.3 Å².